The van der Waals surface area contributed by atoms with Crippen LogP contribution in [0.15, 0.2) is 36.4 Å². The molecule has 0 aromatic heterocycles. The molecule has 118 valence electrons. The SMILES string of the molecule is Cc1cc(Cl)ccc1OCC(=O)c1ccc2c(c1)[C@@H](C)C(=O)N2. The van der Waals surface area contributed by atoms with E-state index in [-0.39, 0.29) is 24.2 Å². The molecule has 1 heterocycles. The van der Waals surface area contributed by atoms with Crippen LogP contribution >= 0.6 is 11.6 Å². The van der Waals surface area contributed by atoms with E-state index < -0.39 is 0 Å². The van der Waals surface area contributed by atoms with Crippen LogP contribution in [0.3, 0.4) is 0 Å². The smallest absolute Gasteiger partial charge is 0.231 e. The molecule has 0 saturated heterocycles. The highest BCUT2D eigenvalue weighted by Crippen LogP contribution is 2.32. The topological polar surface area (TPSA) is 55.4 Å². The lowest BCUT2D eigenvalue weighted by molar-refractivity contribution is -0.116. The summed E-state index contributed by atoms with van der Waals surface area (Å²) in [4.78, 5) is 24.0. The van der Waals surface area contributed by atoms with E-state index in [1.54, 1.807) is 36.4 Å². The molecule has 2 aromatic carbocycles. The van der Waals surface area contributed by atoms with E-state index in [0.29, 0.717) is 16.3 Å². The maximum Gasteiger partial charge on any atom is 0.231 e. The number of hydrogen-bond acceptors (Lipinski definition) is 3. The van der Waals surface area contributed by atoms with Gasteiger partial charge in [0.1, 0.15) is 5.75 Å². The van der Waals surface area contributed by atoms with Gasteiger partial charge in [0.05, 0.1) is 5.92 Å². The Morgan fingerprint density at radius 2 is 2.04 bits per heavy atom. The standard InChI is InChI=1S/C18H16ClNO3/c1-10-7-13(19)4-6-17(10)23-9-16(21)12-3-5-15-14(8-12)11(2)18(22)20-15/h3-8,11H,9H2,1-2H3,(H,20,22)/t11-/m1/s1. The van der Waals surface area contributed by atoms with E-state index in [0.717, 1.165) is 16.8 Å². The summed E-state index contributed by atoms with van der Waals surface area (Å²) in [6.07, 6.45) is 0. The number of carbonyl (C=O) groups is 2. The summed E-state index contributed by atoms with van der Waals surface area (Å²) < 4.78 is 5.58. The number of rotatable bonds is 4. The summed E-state index contributed by atoms with van der Waals surface area (Å²) in [7, 11) is 0. The Labute approximate surface area is 139 Å². The van der Waals surface area contributed by atoms with Gasteiger partial charge in [0.2, 0.25) is 5.91 Å². The average Bonchev–Trinajstić information content (AvgIpc) is 2.80. The van der Waals surface area contributed by atoms with Crippen molar-refractivity contribution in [2.45, 2.75) is 19.8 Å². The molecule has 5 heteroatoms. The zero-order valence-corrected chi connectivity index (χ0v) is 13.6. The normalized spacial score (nSPS) is 16.0. The van der Waals surface area contributed by atoms with Crippen molar-refractivity contribution >= 4 is 29.0 Å². The molecule has 0 fully saturated rings. The first-order chi connectivity index (χ1) is 11.0. The molecular weight excluding hydrogens is 314 g/mol. The summed E-state index contributed by atoms with van der Waals surface area (Å²) in [5.41, 5.74) is 3.04. The molecule has 1 atom stereocenters. The van der Waals surface area contributed by atoms with Crippen LogP contribution in [0.1, 0.15) is 34.3 Å². The molecule has 0 saturated carbocycles. The lowest BCUT2D eigenvalue weighted by Crippen LogP contribution is -2.12. The molecule has 4 nitrogen and oxygen atoms in total. The maximum atomic E-state index is 12.3. The number of anilines is 1. The molecule has 3 rings (SSSR count). The van der Waals surface area contributed by atoms with Gasteiger partial charge in [-0.15, -0.1) is 0 Å². The molecule has 2 aromatic rings. The minimum Gasteiger partial charge on any atom is -0.485 e. The van der Waals surface area contributed by atoms with Gasteiger partial charge in [0, 0.05) is 16.3 Å². The predicted molar refractivity (Wildman–Crippen MR) is 89.5 cm³/mol. The third kappa shape index (κ3) is 3.08. The van der Waals surface area contributed by atoms with Gasteiger partial charge in [-0.05, 0) is 61.4 Å². The van der Waals surface area contributed by atoms with Crippen LogP contribution in [0.2, 0.25) is 5.02 Å². The number of nitrogens with one attached hydrogen (secondary N) is 1. The van der Waals surface area contributed by atoms with Gasteiger partial charge in [-0.25, -0.2) is 0 Å². The van der Waals surface area contributed by atoms with Crippen LogP contribution in [0.5, 0.6) is 5.75 Å². The summed E-state index contributed by atoms with van der Waals surface area (Å²) in [5, 5.41) is 3.42. The number of aryl methyl sites for hydroxylation is 1. The third-order valence-electron chi connectivity index (χ3n) is 3.99. The number of amides is 1. The molecule has 23 heavy (non-hydrogen) atoms. The van der Waals surface area contributed by atoms with E-state index in [1.165, 1.54) is 0 Å². The maximum absolute atomic E-state index is 12.3. The largest absolute Gasteiger partial charge is 0.485 e. The number of hydrogen-bond donors (Lipinski definition) is 1. The summed E-state index contributed by atoms with van der Waals surface area (Å²) >= 11 is 5.90. The minimum absolute atomic E-state index is 0.0439. The molecule has 1 amide bonds. The van der Waals surface area contributed by atoms with Gasteiger partial charge in [-0.1, -0.05) is 11.6 Å². The number of Topliss-reactive ketones (excluding diaryl/α,β-unsaturated/α-hetero) is 1. The average molecular weight is 330 g/mol. The minimum atomic E-state index is -0.239. The van der Waals surface area contributed by atoms with Gasteiger partial charge >= 0.3 is 0 Å². The van der Waals surface area contributed by atoms with Gasteiger partial charge < -0.3 is 10.1 Å². The molecule has 0 aliphatic carbocycles. The summed E-state index contributed by atoms with van der Waals surface area (Å²) in [6.45, 7) is 3.64. The second-order valence-corrected chi connectivity index (χ2v) is 6.07. The first kappa shape index (κ1) is 15.6. The Kier molecular flexibility index (Phi) is 4.09. The Morgan fingerprint density at radius 1 is 1.26 bits per heavy atom. The van der Waals surface area contributed by atoms with Crippen molar-refractivity contribution in [3.8, 4) is 5.75 Å². The zero-order valence-electron chi connectivity index (χ0n) is 12.9. The van der Waals surface area contributed by atoms with Crippen LogP contribution in [0, 0.1) is 6.92 Å². The fraction of sp³-hybridized carbons (Fsp3) is 0.222. The molecular formula is C18H16ClNO3. The van der Waals surface area contributed by atoms with Crippen LogP contribution < -0.4 is 10.1 Å². The Bertz CT molecular complexity index is 801. The lowest BCUT2D eigenvalue weighted by atomic mass is 9.99. The van der Waals surface area contributed by atoms with E-state index in [4.69, 9.17) is 16.3 Å². The molecule has 0 unspecified atom stereocenters. The molecule has 0 spiro atoms. The second kappa shape index (κ2) is 6.05. The molecule has 1 aliphatic rings. The van der Waals surface area contributed by atoms with Crippen molar-refractivity contribution in [3.63, 3.8) is 0 Å². The molecule has 1 aliphatic heterocycles. The van der Waals surface area contributed by atoms with E-state index in [2.05, 4.69) is 5.32 Å². The fourth-order valence-corrected chi connectivity index (χ4v) is 2.82. The third-order valence-corrected chi connectivity index (χ3v) is 4.22. The predicted octanol–water partition coefficient (Wildman–Crippen LogP) is 3.97. The summed E-state index contributed by atoms with van der Waals surface area (Å²) in [5.74, 6) is 0.220. The molecule has 0 radical (unpaired) electrons. The molecule has 1 N–H and O–H groups in total. The highest BCUT2D eigenvalue weighted by atomic mass is 35.5. The zero-order chi connectivity index (χ0) is 16.6. The van der Waals surface area contributed by atoms with Crippen molar-refractivity contribution in [2.24, 2.45) is 0 Å². The highest BCUT2D eigenvalue weighted by molar-refractivity contribution is 6.30. The number of fused-ring (bicyclic) bond motifs is 1. The number of carbonyl (C=O) groups excluding carboxylic acids is 2. The van der Waals surface area contributed by atoms with Crippen molar-refractivity contribution in [3.05, 3.63) is 58.1 Å². The van der Waals surface area contributed by atoms with Gasteiger partial charge in [0.15, 0.2) is 12.4 Å². The first-order valence-electron chi connectivity index (χ1n) is 7.32. The number of ether oxygens (including phenoxy) is 1. The van der Waals surface area contributed by atoms with Gasteiger partial charge in [-0.3, -0.25) is 9.59 Å². The quantitative estimate of drug-likeness (QED) is 0.864. The number of benzene rings is 2. The van der Waals surface area contributed by atoms with Crippen LogP contribution in [0.25, 0.3) is 0 Å². The Hall–Kier alpha value is -2.33. The van der Waals surface area contributed by atoms with Crippen LogP contribution in [-0.4, -0.2) is 18.3 Å². The van der Waals surface area contributed by atoms with Crippen LogP contribution in [0.4, 0.5) is 5.69 Å². The first-order valence-corrected chi connectivity index (χ1v) is 7.70. The fourth-order valence-electron chi connectivity index (χ4n) is 2.59. The van der Waals surface area contributed by atoms with Crippen molar-refractivity contribution in [1.29, 1.82) is 0 Å². The monoisotopic (exact) mass is 329 g/mol. The summed E-state index contributed by atoms with van der Waals surface area (Å²) in [6, 6.07) is 10.5. The van der Waals surface area contributed by atoms with E-state index in [9.17, 15) is 9.59 Å². The number of halogens is 1. The van der Waals surface area contributed by atoms with Crippen LogP contribution in [-0.2, 0) is 4.79 Å². The Balaban J connectivity index is 1.73. The van der Waals surface area contributed by atoms with E-state index in [1.807, 2.05) is 13.8 Å². The van der Waals surface area contributed by atoms with Gasteiger partial charge in [-0.2, -0.15) is 0 Å². The van der Waals surface area contributed by atoms with Gasteiger partial charge in [0.25, 0.3) is 0 Å². The number of ketones is 1. The van der Waals surface area contributed by atoms with E-state index >= 15 is 0 Å². The molecule has 0 bridgehead atoms. The Morgan fingerprint density at radius 3 is 2.78 bits per heavy atom. The van der Waals surface area contributed by atoms with Crippen molar-refractivity contribution < 1.29 is 14.3 Å². The van der Waals surface area contributed by atoms with Crippen molar-refractivity contribution in [1.82, 2.24) is 0 Å². The lowest BCUT2D eigenvalue weighted by Gasteiger charge is -2.10. The highest BCUT2D eigenvalue weighted by Gasteiger charge is 2.27. The second-order valence-electron chi connectivity index (χ2n) is 5.63. The van der Waals surface area contributed by atoms with Crippen molar-refractivity contribution in [2.75, 3.05) is 11.9 Å².